The summed E-state index contributed by atoms with van der Waals surface area (Å²) >= 11 is 0. The lowest BCUT2D eigenvalue weighted by Gasteiger charge is -2.41. The first-order valence-electron chi connectivity index (χ1n) is 7.14. The second-order valence-corrected chi connectivity index (χ2v) is 6.51. The molecule has 0 aromatic carbocycles. The van der Waals surface area contributed by atoms with Gasteiger partial charge in [0.1, 0.15) is 6.10 Å². The highest BCUT2D eigenvalue weighted by Crippen LogP contribution is 2.42. The molecule has 2 nitrogen and oxygen atoms in total. The third-order valence-electron chi connectivity index (χ3n) is 4.34. The molecular formula is C16H28O2. The van der Waals surface area contributed by atoms with E-state index in [1.807, 2.05) is 20.8 Å². The van der Waals surface area contributed by atoms with Crippen LogP contribution in [0.1, 0.15) is 60.8 Å². The van der Waals surface area contributed by atoms with Crippen LogP contribution in [0.15, 0.2) is 11.6 Å². The van der Waals surface area contributed by atoms with Crippen LogP contribution in [0.5, 0.6) is 0 Å². The summed E-state index contributed by atoms with van der Waals surface area (Å²) in [6.07, 6.45) is 5.27. The van der Waals surface area contributed by atoms with E-state index in [1.54, 1.807) is 0 Å². The maximum absolute atomic E-state index is 11.9. The number of carbonyl (C=O) groups is 1. The molecular weight excluding hydrogens is 224 g/mol. The van der Waals surface area contributed by atoms with E-state index in [0.29, 0.717) is 5.92 Å². The Balaban J connectivity index is 2.67. The van der Waals surface area contributed by atoms with E-state index < -0.39 is 0 Å². The summed E-state index contributed by atoms with van der Waals surface area (Å²) in [6, 6.07) is 0. The zero-order valence-corrected chi connectivity index (χ0v) is 12.7. The SMILES string of the molecule is CCC(C)C(=O)OC(C)C1CC=C(C)CC1(C)C. The molecule has 3 unspecified atom stereocenters. The zero-order valence-electron chi connectivity index (χ0n) is 12.7. The first-order valence-corrected chi connectivity index (χ1v) is 7.14. The number of allylic oxidation sites excluding steroid dienone is 2. The maximum atomic E-state index is 11.9. The molecule has 0 saturated heterocycles. The lowest BCUT2D eigenvalue weighted by Crippen LogP contribution is -2.38. The molecule has 0 bridgehead atoms. The average Bonchev–Trinajstić information content (AvgIpc) is 2.25. The van der Waals surface area contributed by atoms with Gasteiger partial charge in [-0.15, -0.1) is 0 Å². The van der Waals surface area contributed by atoms with Crippen molar-refractivity contribution in [1.29, 1.82) is 0 Å². The van der Waals surface area contributed by atoms with Crippen LogP contribution in [0.4, 0.5) is 0 Å². The molecule has 0 fully saturated rings. The van der Waals surface area contributed by atoms with E-state index in [0.717, 1.165) is 19.3 Å². The predicted octanol–water partition coefficient (Wildman–Crippen LogP) is 4.35. The highest BCUT2D eigenvalue weighted by atomic mass is 16.5. The van der Waals surface area contributed by atoms with E-state index in [1.165, 1.54) is 5.57 Å². The third-order valence-corrected chi connectivity index (χ3v) is 4.34. The first-order chi connectivity index (χ1) is 8.27. The molecule has 0 aliphatic heterocycles. The number of hydrogen-bond acceptors (Lipinski definition) is 2. The minimum absolute atomic E-state index is 0.00542. The molecule has 0 spiro atoms. The Bertz CT molecular complexity index is 328. The van der Waals surface area contributed by atoms with Crippen LogP contribution in [0.3, 0.4) is 0 Å². The van der Waals surface area contributed by atoms with Crippen molar-refractivity contribution in [2.75, 3.05) is 0 Å². The highest BCUT2D eigenvalue weighted by Gasteiger charge is 2.37. The fraction of sp³-hybridized carbons (Fsp3) is 0.812. The number of carbonyl (C=O) groups excluding carboxylic acids is 1. The minimum atomic E-state index is -0.0490. The molecule has 1 rings (SSSR count). The van der Waals surface area contributed by atoms with Crippen LogP contribution < -0.4 is 0 Å². The summed E-state index contributed by atoms with van der Waals surface area (Å²) in [6.45, 7) is 12.7. The number of ether oxygens (including phenoxy) is 1. The molecule has 0 N–H and O–H groups in total. The van der Waals surface area contributed by atoms with Gasteiger partial charge in [0.05, 0.1) is 5.92 Å². The van der Waals surface area contributed by atoms with Crippen molar-refractivity contribution in [3.63, 3.8) is 0 Å². The molecule has 0 heterocycles. The molecule has 0 amide bonds. The Hall–Kier alpha value is -0.790. The summed E-state index contributed by atoms with van der Waals surface area (Å²) in [4.78, 5) is 11.9. The molecule has 104 valence electrons. The Morgan fingerprint density at radius 1 is 1.50 bits per heavy atom. The highest BCUT2D eigenvalue weighted by molar-refractivity contribution is 5.72. The molecule has 0 aromatic rings. The zero-order chi connectivity index (χ0) is 13.9. The van der Waals surface area contributed by atoms with Gasteiger partial charge in [0.15, 0.2) is 0 Å². The lowest BCUT2D eigenvalue weighted by atomic mass is 9.67. The van der Waals surface area contributed by atoms with Gasteiger partial charge in [-0.25, -0.2) is 0 Å². The molecule has 1 aliphatic carbocycles. The normalized spacial score (nSPS) is 26.1. The molecule has 0 saturated carbocycles. The van der Waals surface area contributed by atoms with Crippen molar-refractivity contribution >= 4 is 5.97 Å². The van der Waals surface area contributed by atoms with E-state index in [-0.39, 0.29) is 23.4 Å². The predicted molar refractivity (Wildman–Crippen MR) is 75.3 cm³/mol. The van der Waals surface area contributed by atoms with Crippen molar-refractivity contribution in [2.24, 2.45) is 17.3 Å². The minimum Gasteiger partial charge on any atom is -0.462 e. The van der Waals surface area contributed by atoms with Crippen molar-refractivity contribution in [3.8, 4) is 0 Å². The van der Waals surface area contributed by atoms with E-state index in [4.69, 9.17) is 4.74 Å². The largest absolute Gasteiger partial charge is 0.462 e. The third kappa shape index (κ3) is 3.60. The Morgan fingerprint density at radius 3 is 2.61 bits per heavy atom. The monoisotopic (exact) mass is 252 g/mol. The van der Waals surface area contributed by atoms with Crippen LogP contribution in [0.25, 0.3) is 0 Å². The fourth-order valence-electron chi connectivity index (χ4n) is 2.94. The number of rotatable bonds is 4. The van der Waals surface area contributed by atoms with Gasteiger partial charge < -0.3 is 4.74 Å². The lowest BCUT2D eigenvalue weighted by molar-refractivity contribution is -0.157. The van der Waals surface area contributed by atoms with Crippen molar-refractivity contribution in [3.05, 3.63) is 11.6 Å². The van der Waals surface area contributed by atoms with Crippen LogP contribution >= 0.6 is 0 Å². The Kier molecular flexibility index (Phi) is 5.01. The molecule has 0 aromatic heterocycles. The summed E-state index contributed by atoms with van der Waals surface area (Å²) in [5.74, 6) is 0.387. The van der Waals surface area contributed by atoms with Crippen LogP contribution in [-0.2, 0) is 9.53 Å². The van der Waals surface area contributed by atoms with Gasteiger partial charge in [0.2, 0.25) is 0 Å². The van der Waals surface area contributed by atoms with Crippen LogP contribution in [0, 0.1) is 17.3 Å². The second-order valence-electron chi connectivity index (χ2n) is 6.51. The Morgan fingerprint density at radius 2 is 2.11 bits per heavy atom. The van der Waals surface area contributed by atoms with Crippen LogP contribution in [-0.4, -0.2) is 12.1 Å². The van der Waals surface area contributed by atoms with Crippen molar-refractivity contribution in [1.82, 2.24) is 0 Å². The van der Waals surface area contributed by atoms with Crippen molar-refractivity contribution in [2.45, 2.75) is 66.9 Å². The van der Waals surface area contributed by atoms with Gasteiger partial charge in [-0.1, -0.05) is 39.3 Å². The van der Waals surface area contributed by atoms with Crippen LogP contribution in [0.2, 0.25) is 0 Å². The van der Waals surface area contributed by atoms with E-state index >= 15 is 0 Å². The molecule has 2 heteroatoms. The summed E-state index contributed by atoms with van der Waals surface area (Å²) in [7, 11) is 0. The van der Waals surface area contributed by atoms with Gasteiger partial charge in [0.25, 0.3) is 0 Å². The summed E-state index contributed by atoms with van der Waals surface area (Å²) < 4.78 is 5.65. The number of esters is 1. The van der Waals surface area contributed by atoms with Gasteiger partial charge in [-0.05, 0) is 38.5 Å². The Labute approximate surface area is 112 Å². The molecule has 1 aliphatic rings. The fourth-order valence-corrected chi connectivity index (χ4v) is 2.94. The van der Waals surface area contributed by atoms with E-state index in [9.17, 15) is 4.79 Å². The molecule has 18 heavy (non-hydrogen) atoms. The second kappa shape index (κ2) is 5.90. The number of hydrogen-bond donors (Lipinski definition) is 0. The maximum Gasteiger partial charge on any atom is 0.308 e. The standard InChI is InChI=1S/C16H28O2/c1-7-12(3)15(17)18-13(4)14-9-8-11(2)10-16(14,5)6/h8,12-14H,7,9-10H2,1-6H3. The molecule has 3 atom stereocenters. The van der Waals surface area contributed by atoms with Gasteiger partial charge in [0, 0.05) is 5.92 Å². The smallest absolute Gasteiger partial charge is 0.308 e. The summed E-state index contributed by atoms with van der Waals surface area (Å²) in [5.41, 5.74) is 1.67. The molecule has 0 radical (unpaired) electrons. The van der Waals surface area contributed by atoms with E-state index in [2.05, 4.69) is 26.8 Å². The quantitative estimate of drug-likeness (QED) is 0.549. The summed E-state index contributed by atoms with van der Waals surface area (Å²) in [5, 5.41) is 0. The van der Waals surface area contributed by atoms with Gasteiger partial charge >= 0.3 is 5.97 Å². The van der Waals surface area contributed by atoms with Gasteiger partial charge in [-0.2, -0.15) is 0 Å². The average molecular weight is 252 g/mol. The van der Waals surface area contributed by atoms with Crippen molar-refractivity contribution < 1.29 is 9.53 Å². The first kappa shape index (κ1) is 15.3. The topological polar surface area (TPSA) is 26.3 Å². The van der Waals surface area contributed by atoms with Gasteiger partial charge in [-0.3, -0.25) is 4.79 Å².